The van der Waals surface area contributed by atoms with E-state index in [9.17, 15) is 4.79 Å². The van der Waals surface area contributed by atoms with Crippen LogP contribution >= 0.6 is 0 Å². The first-order valence-electron chi connectivity index (χ1n) is 6.94. The number of aromatic nitrogens is 4. The smallest absolute Gasteiger partial charge is 0.200 e. The third-order valence-corrected chi connectivity index (χ3v) is 3.62. The molecule has 0 bridgehead atoms. The third kappa shape index (κ3) is 1.95. The molecule has 0 N–H and O–H groups in total. The van der Waals surface area contributed by atoms with E-state index in [1.165, 1.54) is 0 Å². The van der Waals surface area contributed by atoms with Crippen LogP contribution in [0.25, 0.3) is 27.9 Å². The summed E-state index contributed by atoms with van der Waals surface area (Å²) in [5.41, 5.74) is 4.70. The second-order valence-electron chi connectivity index (χ2n) is 5.09. The number of pyridine rings is 1. The maximum Gasteiger partial charge on any atom is 0.200 e. The van der Waals surface area contributed by atoms with Crippen molar-refractivity contribution >= 4 is 22.5 Å². The van der Waals surface area contributed by atoms with Crippen molar-refractivity contribution in [3.8, 4) is 11.3 Å². The zero-order valence-corrected chi connectivity index (χ0v) is 11.9. The number of carbonyl (C=O) groups is 1. The van der Waals surface area contributed by atoms with Gasteiger partial charge in [-0.1, -0.05) is 30.3 Å². The number of rotatable bonds is 2. The zero-order chi connectivity index (χ0) is 15.1. The third-order valence-electron chi connectivity index (χ3n) is 3.62. The molecule has 22 heavy (non-hydrogen) atoms. The molecule has 0 atom stereocenters. The van der Waals surface area contributed by atoms with Gasteiger partial charge in [-0.15, -0.1) is 5.10 Å². The van der Waals surface area contributed by atoms with Crippen LogP contribution in [0.15, 0.2) is 54.9 Å². The standard InChI is InChI=1S/C17H12N4O/c1-11(22)12-5-7-13(8-6-12)14-10-18-17-16(19-14)15-4-2-3-9-21(15)20-17/h2-10H,1H3. The Morgan fingerprint density at radius 3 is 2.68 bits per heavy atom. The highest BCUT2D eigenvalue weighted by Crippen LogP contribution is 2.22. The van der Waals surface area contributed by atoms with Gasteiger partial charge in [0, 0.05) is 17.3 Å². The minimum Gasteiger partial charge on any atom is -0.295 e. The second-order valence-corrected chi connectivity index (χ2v) is 5.09. The molecule has 3 heterocycles. The van der Waals surface area contributed by atoms with Gasteiger partial charge in [0.15, 0.2) is 5.78 Å². The van der Waals surface area contributed by atoms with Gasteiger partial charge in [-0.05, 0) is 19.1 Å². The highest BCUT2D eigenvalue weighted by atomic mass is 16.1. The lowest BCUT2D eigenvalue weighted by Gasteiger charge is -2.01. The molecule has 0 aliphatic heterocycles. The Balaban J connectivity index is 1.88. The average Bonchev–Trinajstić information content (AvgIpc) is 2.92. The number of hydrogen-bond donors (Lipinski definition) is 0. The van der Waals surface area contributed by atoms with Crippen LogP contribution < -0.4 is 0 Å². The molecule has 0 spiro atoms. The van der Waals surface area contributed by atoms with Gasteiger partial charge < -0.3 is 0 Å². The minimum absolute atomic E-state index is 0.0516. The van der Waals surface area contributed by atoms with Crippen molar-refractivity contribution in [2.24, 2.45) is 0 Å². The van der Waals surface area contributed by atoms with Crippen LogP contribution in [0.4, 0.5) is 0 Å². The van der Waals surface area contributed by atoms with Gasteiger partial charge in [-0.3, -0.25) is 4.79 Å². The van der Waals surface area contributed by atoms with Crippen molar-refractivity contribution in [3.05, 3.63) is 60.4 Å². The van der Waals surface area contributed by atoms with E-state index in [2.05, 4.69) is 15.1 Å². The van der Waals surface area contributed by atoms with Crippen molar-refractivity contribution in [2.75, 3.05) is 0 Å². The predicted molar refractivity (Wildman–Crippen MR) is 83.7 cm³/mol. The maximum atomic E-state index is 11.3. The van der Waals surface area contributed by atoms with Crippen LogP contribution in [0.2, 0.25) is 0 Å². The van der Waals surface area contributed by atoms with E-state index in [0.29, 0.717) is 11.2 Å². The Labute approximate surface area is 126 Å². The second kappa shape index (κ2) is 4.73. The molecule has 5 heteroatoms. The zero-order valence-electron chi connectivity index (χ0n) is 11.9. The molecular formula is C17H12N4O. The van der Waals surface area contributed by atoms with Crippen molar-refractivity contribution in [3.63, 3.8) is 0 Å². The highest BCUT2D eigenvalue weighted by molar-refractivity contribution is 5.94. The molecule has 0 fully saturated rings. The average molecular weight is 288 g/mol. The number of carbonyl (C=O) groups excluding carboxylic acids is 1. The van der Waals surface area contributed by atoms with E-state index >= 15 is 0 Å². The fourth-order valence-corrected chi connectivity index (χ4v) is 2.45. The normalized spacial score (nSPS) is 11.1. The largest absolute Gasteiger partial charge is 0.295 e. The van der Waals surface area contributed by atoms with Crippen LogP contribution in [-0.4, -0.2) is 25.4 Å². The fraction of sp³-hybridized carbons (Fsp3) is 0.0588. The van der Waals surface area contributed by atoms with Gasteiger partial charge in [0.2, 0.25) is 5.65 Å². The van der Waals surface area contributed by atoms with Crippen LogP contribution in [0.3, 0.4) is 0 Å². The van der Waals surface area contributed by atoms with Crippen LogP contribution in [0, 0.1) is 0 Å². The van der Waals surface area contributed by atoms with Crippen LogP contribution in [-0.2, 0) is 0 Å². The molecule has 0 unspecified atom stereocenters. The SMILES string of the molecule is CC(=O)c1ccc(-c2cnc3nn4ccccc4c3n2)cc1. The lowest BCUT2D eigenvalue weighted by Crippen LogP contribution is -1.92. The minimum atomic E-state index is 0.0516. The Bertz CT molecular complexity index is 1000. The quantitative estimate of drug-likeness (QED) is 0.532. The summed E-state index contributed by atoms with van der Waals surface area (Å²) in [6, 6.07) is 13.2. The summed E-state index contributed by atoms with van der Waals surface area (Å²) in [4.78, 5) is 20.4. The van der Waals surface area contributed by atoms with Crippen LogP contribution in [0.1, 0.15) is 17.3 Å². The van der Waals surface area contributed by atoms with Gasteiger partial charge in [0.25, 0.3) is 0 Å². The summed E-state index contributed by atoms with van der Waals surface area (Å²) in [6.45, 7) is 1.56. The molecule has 4 rings (SSSR count). The monoisotopic (exact) mass is 288 g/mol. The number of benzene rings is 1. The van der Waals surface area contributed by atoms with E-state index in [-0.39, 0.29) is 5.78 Å². The molecule has 0 aliphatic carbocycles. The summed E-state index contributed by atoms with van der Waals surface area (Å²) >= 11 is 0. The molecule has 0 aliphatic rings. The molecule has 0 amide bonds. The Morgan fingerprint density at radius 2 is 1.91 bits per heavy atom. The Morgan fingerprint density at radius 1 is 1.09 bits per heavy atom. The van der Waals surface area contributed by atoms with E-state index in [4.69, 9.17) is 0 Å². The molecule has 4 aromatic rings. The molecule has 5 nitrogen and oxygen atoms in total. The van der Waals surface area contributed by atoms with Crippen molar-refractivity contribution < 1.29 is 4.79 Å². The first-order chi connectivity index (χ1) is 10.7. The molecule has 0 saturated carbocycles. The number of Topliss-reactive ketones (excluding diaryl/α,β-unsaturated/α-hetero) is 1. The van der Waals surface area contributed by atoms with E-state index in [1.54, 1.807) is 29.8 Å². The predicted octanol–water partition coefficient (Wildman–Crippen LogP) is 3.15. The summed E-state index contributed by atoms with van der Waals surface area (Å²) in [5, 5.41) is 4.39. The van der Waals surface area contributed by atoms with Gasteiger partial charge in [0.05, 0.1) is 17.4 Å². The molecule has 0 saturated heterocycles. The summed E-state index contributed by atoms with van der Waals surface area (Å²) in [6.07, 6.45) is 3.58. The number of ketones is 1. The van der Waals surface area contributed by atoms with Gasteiger partial charge in [-0.2, -0.15) is 0 Å². The molecule has 1 aromatic carbocycles. The number of hydrogen-bond acceptors (Lipinski definition) is 4. The fourth-order valence-electron chi connectivity index (χ4n) is 2.45. The topological polar surface area (TPSA) is 60.2 Å². The van der Waals surface area contributed by atoms with Crippen molar-refractivity contribution in [1.29, 1.82) is 0 Å². The lowest BCUT2D eigenvalue weighted by atomic mass is 10.1. The Hall–Kier alpha value is -3.08. The van der Waals surface area contributed by atoms with Crippen molar-refractivity contribution in [2.45, 2.75) is 6.92 Å². The molecule has 106 valence electrons. The first-order valence-corrected chi connectivity index (χ1v) is 6.94. The lowest BCUT2D eigenvalue weighted by molar-refractivity contribution is 0.101. The van der Waals surface area contributed by atoms with Gasteiger partial charge >= 0.3 is 0 Å². The molecule has 0 radical (unpaired) electrons. The summed E-state index contributed by atoms with van der Waals surface area (Å²) in [7, 11) is 0. The van der Waals surface area contributed by atoms with E-state index < -0.39 is 0 Å². The summed E-state index contributed by atoms with van der Waals surface area (Å²) < 4.78 is 1.77. The van der Waals surface area contributed by atoms with E-state index in [1.807, 2.05) is 36.5 Å². The van der Waals surface area contributed by atoms with Gasteiger partial charge in [-0.25, -0.2) is 14.5 Å². The van der Waals surface area contributed by atoms with Gasteiger partial charge in [0.1, 0.15) is 5.52 Å². The molecular weight excluding hydrogens is 276 g/mol. The number of nitrogens with zero attached hydrogens (tertiary/aromatic N) is 4. The Kier molecular flexibility index (Phi) is 2.72. The molecule has 3 aromatic heterocycles. The highest BCUT2D eigenvalue weighted by Gasteiger charge is 2.09. The van der Waals surface area contributed by atoms with Crippen LogP contribution in [0.5, 0.6) is 0 Å². The van der Waals surface area contributed by atoms with Crippen molar-refractivity contribution in [1.82, 2.24) is 19.6 Å². The van der Waals surface area contributed by atoms with E-state index in [0.717, 1.165) is 22.3 Å². The number of fused-ring (bicyclic) bond motifs is 3. The first kappa shape index (κ1) is 12.6. The maximum absolute atomic E-state index is 11.3. The summed E-state index contributed by atoms with van der Waals surface area (Å²) in [5.74, 6) is 0.0516.